The van der Waals surface area contributed by atoms with Gasteiger partial charge in [0.1, 0.15) is 0 Å². The summed E-state index contributed by atoms with van der Waals surface area (Å²) >= 11 is 0. The smallest absolute Gasteiger partial charge is 0.251 e. The molecule has 2 amide bonds. The maximum absolute atomic E-state index is 11.7. The van der Waals surface area contributed by atoms with Crippen LogP contribution in [0.25, 0.3) is 0 Å². The summed E-state index contributed by atoms with van der Waals surface area (Å²) in [5, 5.41) is 8.39. The van der Waals surface area contributed by atoms with Crippen molar-refractivity contribution in [3.8, 4) is 0 Å². The van der Waals surface area contributed by atoms with Gasteiger partial charge in [-0.25, -0.2) is 0 Å². The number of carbonyl (C=O) groups excluding carboxylic acids is 2. The average molecular weight is 233 g/mol. The zero-order valence-electron chi connectivity index (χ0n) is 9.62. The maximum atomic E-state index is 11.7. The standard InChI is InChI=1S/C12H15N3O2/c1-13-11(16)8-3-2-4-10(5-8)15-12(17)9-6-14-7-9/h2-5,9,14H,6-7H2,1H3,(H,13,16)(H,15,17). The van der Waals surface area contributed by atoms with Crippen molar-refractivity contribution in [3.05, 3.63) is 29.8 Å². The van der Waals surface area contributed by atoms with E-state index in [2.05, 4.69) is 16.0 Å². The third-order valence-corrected chi connectivity index (χ3v) is 2.77. The fourth-order valence-corrected chi connectivity index (χ4v) is 1.60. The SMILES string of the molecule is CNC(=O)c1cccc(NC(=O)C2CNC2)c1. The summed E-state index contributed by atoms with van der Waals surface area (Å²) in [5.74, 6) is -0.122. The number of nitrogens with one attached hydrogen (secondary N) is 3. The van der Waals surface area contributed by atoms with Crippen molar-refractivity contribution in [2.45, 2.75) is 0 Å². The molecule has 0 spiro atoms. The van der Waals surface area contributed by atoms with Gasteiger partial charge in [0, 0.05) is 31.4 Å². The zero-order valence-corrected chi connectivity index (χ0v) is 9.62. The van der Waals surface area contributed by atoms with Gasteiger partial charge in [-0.3, -0.25) is 9.59 Å². The highest BCUT2D eigenvalue weighted by atomic mass is 16.2. The minimum atomic E-state index is -0.161. The van der Waals surface area contributed by atoms with Gasteiger partial charge in [-0.2, -0.15) is 0 Å². The fourth-order valence-electron chi connectivity index (χ4n) is 1.60. The molecule has 0 unspecified atom stereocenters. The van der Waals surface area contributed by atoms with E-state index in [1.54, 1.807) is 31.3 Å². The van der Waals surface area contributed by atoms with Crippen molar-refractivity contribution < 1.29 is 9.59 Å². The minimum absolute atomic E-state index is 0.00203. The predicted octanol–water partition coefficient (Wildman–Crippen LogP) is 0.204. The van der Waals surface area contributed by atoms with Gasteiger partial charge >= 0.3 is 0 Å². The molecule has 3 N–H and O–H groups in total. The lowest BCUT2D eigenvalue weighted by Crippen LogP contribution is -2.48. The monoisotopic (exact) mass is 233 g/mol. The topological polar surface area (TPSA) is 70.2 Å². The van der Waals surface area contributed by atoms with Gasteiger partial charge in [-0.15, -0.1) is 0 Å². The van der Waals surface area contributed by atoms with E-state index >= 15 is 0 Å². The van der Waals surface area contributed by atoms with Crippen molar-refractivity contribution in [3.63, 3.8) is 0 Å². The second kappa shape index (κ2) is 4.97. The van der Waals surface area contributed by atoms with Crippen LogP contribution in [0.3, 0.4) is 0 Å². The summed E-state index contributed by atoms with van der Waals surface area (Å²) in [6.07, 6.45) is 0. The zero-order chi connectivity index (χ0) is 12.3. The van der Waals surface area contributed by atoms with Crippen molar-refractivity contribution in [1.29, 1.82) is 0 Å². The minimum Gasteiger partial charge on any atom is -0.355 e. The Labute approximate surface area is 99.6 Å². The Hall–Kier alpha value is -1.88. The predicted molar refractivity (Wildman–Crippen MR) is 64.8 cm³/mol. The van der Waals surface area contributed by atoms with Gasteiger partial charge in [0.25, 0.3) is 5.91 Å². The first-order valence-corrected chi connectivity index (χ1v) is 5.54. The molecule has 1 aliphatic heterocycles. The molecule has 0 aromatic heterocycles. The Morgan fingerprint density at radius 3 is 2.71 bits per heavy atom. The normalized spacial score (nSPS) is 14.9. The summed E-state index contributed by atoms with van der Waals surface area (Å²) in [7, 11) is 1.58. The summed E-state index contributed by atoms with van der Waals surface area (Å²) in [4.78, 5) is 23.1. The molecule has 0 saturated carbocycles. The third kappa shape index (κ3) is 2.62. The van der Waals surface area contributed by atoms with Gasteiger partial charge in [0.05, 0.1) is 5.92 Å². The Bertz CT molecular complexity index is 441. The second-order valence-corrected chi connectivity index (χ2v) is 4.00. The van der Waals surface area contributed by atoms with E-state index in [1.807, 2.05) is 0 Å². The number of anilines is 1. The molecule has 17 heavy (non-hydrogen) atoms. The first kappa shape index (κ1) is 11.6. The molecule has 0 radical (unpaired) electrons. The number of amides is 2. The molecule has 1 aromatic carbocycles. The van der Waals surface area contributed by atoms with Crippen LogP contribution in [0.4, 0.5) is 5.69 Å². The van der Waals surface area contributed by atoms with E-state index in [4.69, 9.17) is 0 Å². The van der Waals surface area contributed by atoms with E-state index in [9.17, 15) is 9.59 Å². The lowest BCUT2D eigenvalue weighted by molar-refractivity contribution is -0.121. The number of benzene rings is 1. The number of hydrogen-bond donors (Lipinski definition) is 3. The van der Waals surface area contributed by atoms with Gasteiger partial charge in [-0.05, 0) is 18.2 Å². The molecule has 1 aliphatic rings. The molecule has 0 bridgehead atoms. The molecule has 90 valence electrons. The van der Waals surface area contributed by atoms with Crippen molar-refractivity contribution >= 4 is 17.5 Å². The Balaban J connectivity index is 2.05. The average Bonchev–Trinajstić information content (AvgIpc) is 2.26. The molecule has 1 saturated heterocycles. The number of hydrogen-bond acceptors (Lipinski definition) is 3. The third-order valence-electron chi connectivity index (χ3n) is 2.77. The molecular weight excluding hydrogens is 218 g/mol. The van der Waals surface area contributed by atoms with E-state index in [0.717, 1.165) is 13.1 Å². The van der Waals surface area contributed by atoms with Gasteiger partial charge in [0.2, 0.25) is 5.91 Å². The second-order valence-electron chi connectivity index (χ2n) is 4.00. The van der Waals surface area contributed by atoms with Crippen molar-refractivity contribution in [2.24, 2.45) is 5.92 Å². The highest BCUT2D eigenvalue weighted by Gasteiger charge is 2.24. The van der Waals surface area contributed by atoms with Crippen molar-refractivity contribution in [2.75, 3.05) is 25.5 Å². The van der Waals surface area contributed by atoms with E-state index in [-0.39, 0.29) is 17.7 Å². The van der Waals surface area contributed by atoms with E-state index < -0.39 is 0 Å². The van der Waals surface area contributed by atoms with Crippen LogP contribution in [0, 0.1) is 5.92 Å². The van der Waals surface area contributed by atoms with E-state index in [1.165, 1.54) is 0 Å². The molecule has 1 heterocycles. The fraction of sp³-hybridized carbons (Fsp3) is 0.333. The summed E-state index contributed by atoms with van der Waals surface area (Å²) in [5.41, 5.74) is 1.19. The number of carbonyl (C=O) groups is 2. The van der Waals surface area contributed by atoms with Crippen molar-refractivity contribution in [1.82, 2.24) is 10.6 Å². The largest absolute Gasteiger partial charge is 0.355 e. The van der Waals surface area contributed by atoms with Gasteiger partial charge in [-0.1, -0.05) is 6.07 Å². The van der Waals surface area contributed by atoms with Crippen LogP contribution in [-0.2, 0) is 4.79 Å². The van der Waals surface area contributed by atoms with Crippen LogP contribution in [0.1, 0.15) is 10.4 Å². The lowest BCUT2D eigenvalue weighted by Gasteiger charge is -2.25. The molecule has 1 fully saturated rings. The molecule has 2 rings (SSSR count). The van der Waals surface area contributed by atoms with Crippen LogP contribution in [0.5, 0.6) is 0 Å². The number of rotatable bonds is 3. The highest BCUT2D eigenvalue weighted by molar-refractivity contribution is 5.97. The first-order chi connectivity index (χ1) is 8.20. The molecule has 5 heteroatoms. The quantitative estimate of drug-likeness (QED) is 0.698. The summed E-state index contributed by atoms with van der Waals surface area (Å²) < 4.78 is 0. The van der Waals surface area contributed by atoms with Crippen LogP contribution < -0.4 is 16.0 Å². The molecule has 0 atom stereocenters. The molecule has 0 aliphatic carbocycles. The lowest BCUT2D eigenvalue weighted by atomic mass is 10.0. The van der Waals surface area contributed by atoms with E-state index in [0.29, 0.717) is 11.3 Å². The van der Waals surface area contributed by atoms with Crippen LogP contribution in [-0.4, -0.2) is 32.0 Å². The molecule has 5 nitrogen and oxygen atoms in total. The molecular formula is C12H15N3O2. The van der Waals surface area contributed by atoms with Crippen LogP contribution >= 0.6 is 0 Å². The summed E-state index contributed by atoms with van der Waals surface area (Å²) in [6.45, 7) is 1.45. The van der Waals surface area contributed by atoms with Crippen LogP contribution in [0.2, 0.25) is 0 Å². The Kier molecular flexibility index (Phi) is 3.39. The summed E-state index contributed by atoms with van der Waals surface area (Å²) in [6, 6.07) is 6.90. The highest BCUT2D eigenvalue weighted by Crippen LogP contribution is 2.13. The van der Waals surface area contributed by atoms with Gasteiger partial charge < -0.3 is 16.0 Å². The Morgan fingerprint density at radius 2 is 2.12 bits per heavy atom. The molecule has 1 aromatic rings. The van der Waals surface area contributed by atoms with Gasteiger partial charge in [0.15, 0.2) is 0 Å². The maximum Gasteiger partial charge on any atom is 0.251 e. The first-order valence-electron chi connectivity index (χ1n) is 5.54. The Morgan fingerprint density at radius 1 is 1.35 bits per heavy atom. The van der Waals surface area contributed by atoms with Crippen LogP contribution in [0.15, 0.2) is 24.3 Å².